The molecule has 1 fully saturated rings. The lowest BCUT2D eigenvalue weighted by atomic mass is 9.86. The summed E-state index contributed by atoms with van der Waals surface area (Å²) in [5.41, 5.74) is -0.491. The van der Waals surface area contributed by atoms with Gasteiger partial charge in [0, 0.05) is 12.0 Å². The summed E-state index contributed by atoms with van der Waals surface area (Å²) in [6.45, 7) is 5.47. The van der Waals surface area contributed by atoms with Crippen LogP contribution >= 0.6 is 0 Å². The van der Waals surface area contributed by atoms with Crippen molar-refractivity contribution in [1.82, 2.24) is 5.32 Å². The van der Waals surface area contributed by atoms with E-state index in [0.717, 1.165) is 32.0 Å². The molecule has 16 heavy (non-hydrogen) atoms. The van der Waals surface area contributed by atoms with Crippen molar-refractivity contribution in [2.24, 2.45) is 5.92 Å². The Morgan fingerprint density at radius 1 is 1.31 bits per heavy atom. The SMILES string of the molecule is CC(C)(C)OC(=O)NC1CCCCC1C=O. The summed E-state index contributed by atoms with van der Waals surface area (Å²) < 4.78 is 5.17. The van der Waals surface area contributed by atoms with Crippen molar-refractivity contribution >= 4 is 12.4 Å². The topological polar surface area (TPSA) is 55.4 Å². The van der Waals surface area contributed by atoms with Gasteiger partial charge in [-0.05, 0) is 33.6 Å². The molecule has 1 rings (SSSR count). The number of carbonyl (C=O) groups is 2. The lowest BCUT2D eigenvalue weighted by Crippen LogP contribution is -2.44. The van der Waals surface area contributed by atoms with Gasteiger partial charge in [0.1, 0.15) is 11.9 Å². The van der Waals surface area contributed by atoms with Crippen molar-refractivity contribution in [2.45, 2.75) is 58.1 Å². The first-order chi connectivity index (χ1) is 7.42. The molecule has 1 N–H and O–H groups in total. The Kier molecular flexibility index (Phi) is 4.33. The number of hydrogen-bond donors (Lipinski definition) is 1. The zero-order chi connectivity index (χ0) is 12.2. The molecule has 2 unspecified atom stereocenters. The first kappa shape index (κ1) is 13.0. The van der Waals surface area contributed by atoms with Gasteiger partial charge in [-0.15, -0.1) is 0 Å². The lowest BCUT2D eigenvalue weighted by molar-refractivity contribution is -0.112. The summed E-state index contributed by atoms with van der Waals surface area (Å²) in [5.74, 6) is -0.0544. The fourth-order valence-electron chi connectivity index (χ4n) is 1.96. The average Bonchev–Trinajstić information content (AvgIpc) is 2.15. The van der Waals surface area contributed by atoms with Crippen LogP contribution < -0.4 is 5.32 Å². The van der Waals surface area contributed by atoms with Crippen LogP contribution in [-0.2, 0) is 9.53 Å². The summed E-state index contributed by atoms with van der Waals surface area (Å²) in [6, 6.07) is -0.0545. The number of hydrogen-bond acceptors (Lipinski definition) is 3. The molecule has 2 atom stereocenters. The van der Waals surface area contributed by atoms with Crippen LogP contribution in [0.25, 0.3) is 0 Å². The van der Waals surface area contributed by atoms with Gasteiger partial charge in [0.2, 0.25) is 0 Å². The molecule has 1 saturated carbocycles. The molecular weight excluding hydrogens is 206 g/mol. The summed E-state index contributed by atoms with van der Waals surface area (Å²) in [7, 11) is 0. The molecule has 4 heteroatoms. The number of aldehydes is 1. The third-order valence-corrected chi connectivity index (χ3v) is 2.70. The highest BCUT2D eigenvalue weighted by atomic mass is 16.6. The molecule has 0 spiro atoms. The molecule has 1 amide bonds. The quantitative estimate of drug-likeness (QED) is 0.736. The number of alkyl carbamates (subject to hydrolysis) is 1. The number of rotatable bonds is 2. The normalized spacial score (nSPS) is 25.9. The van der Waals surface area contributed by atoms with E-state index in [1.54, 1.807) is 0 Å². The Morgan fingerprint density at radius 3 is 2.50 bits per heavy atom. The molecule has 92 valence electrons. The van der Waals surface area contributed by atoms with Crippen LogP contribution in [-0.4, -0.2) is 24.0 Å². The van der Waals surface area contributed by atoms with E-state index >= 15 is 0 Å². The van der Waals surface area contributed by atoms with Crippen molar-refractivity contribution in [2.75, 3.05) is 0 Å². The first-order valence-electron chi connectivity index (χ1n) is 5.87. The summed E-state index contributed by atoms with van der Waals surface area (Å²) in [6.07, 6.45) is 4.38. The fraction of sp³-hybridized carbons (Fsp3) is 0.833. The number of amides is 1. The van der Waals surface area contributed by atoms with E-state index in [1.165, 1.54) is 0 Å². The molecule has 1 aliphatic rings. The van der Waals surface area contributed by atoms with Crippen LogP contribution in [0, 0.1) is 5.92 Å². The van der Waals surface area contributed by atoms with Crippen LogP contribution in [0.3, 0.4) is 0 Å². The third-order valence-electron chi connectivity index (χ3n) is 2.70. The second-order valence-electron chi connectivity index (χ2n) is 5.34. The Hall–Kier alpha value is -1.06. The monoisotopic (exact) mass is 227 g/mol. The van der Waals surface area contributed by atoms with Gasteiger partial charge in [-0.1, -0.05) is 12.8 Å². The van der Waals surface area contributed by atoms with Gasteiger partial charge in [0.05, 0.1) is 0 Å². The zero-order valence-corrected chi connectivity index (χ0v) is 10.3. The second kappa shape index (κ2) is 5.32. The molecule has 0 aromatic heterocycles. The van der Waals surface area contributed by atoms with Gasteiger partial charge in [-0.25, -0.2) is 4.79 Å². The summed E-state index contributed by atoms with van der Waals surface area (Å²) in [5, 5.41) is 2.78. The molecule has 0 bridgehead atoms. The average molecular weight is 227 g/mol. The maximum atomic E-state index is 11.5. The summed E-state index contributed by atoms with van der Waals surface area (Å²) in [4.78, 5) is 22.4. The molecule has 0 saturated heterocycles. The zero-order valence-electron chi connectivity index (χ0n) is 10.3. The van der Waals surface area contributed by atoms with Crippen LogP contribution in [0.4, 0.5) is 4.79 Å². The van der Waals surface area contributed by atoms with Crippen molar-refractivity contribution in [3.8, 4) is 0 Å². The first-order valence-corrected chi connectivity index (χ1v) is 5.87. The van der Waals surface area contributed by atoms with E-state index in [4.69, 9.17) is 4.74 Å². The largest absolute Gasteiger partial charge is 0.444 e. The van der Waals surface area contributed by atoms with Crippen LogP contribution in [0.2, 0.25) is 0 Å². The molecule has 0 aromatic carbocycles. The van der Waals surface area contributed by atoms with E-state index in [2.05, 4.69) is 5.32 Å². The van der Waals surface area contributed by atoms with Crippen LogP contribution in [0.1, 0.15) is 46.5 Å². The Morgan fingerprint density at radius 2 is 1.94 bits per heavy atom. The van der Waals surface area contributed by atoms with E-state index in [0.29, 0.717) is 0 Å². The van der Waals surface area contributed by atoms with Crippen molar-refractivity contribution in [1.29, 1.82) is 0 Å². The predicted molar refractivity (Wildman–Crippen MR) is 61.2 cm³/mol. The highest BCUT2D eigenvalue weighted by molar-refractivity contribution is 5.69. The second-order valence-corrected chi connectivity index (χ2v) is 5.34. The number of nitrogens with one attached hydrogen (secondary N) is 1. The minimum atomic E-state index is -0.491. The molecular formula is C12H21NO3. The maximum Gasteiger partial charge on any atom is 0.407 e. The number of ether oxygens (including phenoxy) is 1. The van der Waals surface area contributed by atoms with Gasteiger partial charge in [0.15, 0.2) is 0 Å². The van der Waals surface area contributed by atoms with Gasteiger partial charge in [-0.3, -0.25) is 0 Å². The maximum absolute atomic E-state index is 11.5. The van der Waals surface area contributed by atoms with Gasteiger partial charge >= 0.3 is 6.09 Å². The van der Waals surface area contributed by atoms with E-state index in [9.17, 15) is 9.59 Å². The van der Waals surface area contributed by atoms with Crippen molar-refractivity contribution in [3.05, 3.63) is 0 Å². The standard InChI is InChI=1S/C12H21NO3/c1-12(2,3)16-11(15)13-10-7-5-4-6-9(10)8-14/h8-10H,4-7H2,1-3H3,(H,13,15). The Balaban J connectivity index is 2.45. The van der Waals surface area contributed by atoms with Gasteiger partial charge < -0.3 is 14.8 Å². The summed E-state index contributed by atoms with van der Waals surface area (Å²) >= 11 is 0. The predicted octanol–water partition coefficient (Wildman–Crippen LogP) is 2.27. The highest BCUT2D eigenvalue weighted by Gasteiger charge is 2.27. The van der Waals surface area contributed by atoms with Crippen molar-refractivity contribution < 1.29 is 14.3 Å². The van der Waals surface area contributed by atoms with Gasteiger partial charge in [-0.2, -0.15) is 0 Å². The van der Waals surface area contributed by atoms with Crippen LogP contribution in [0.5, 0.6) is 0 Å². The third kappa shape index (κ3) is 4.21. The van der Waals surface area contributed by atoms with E-state index in [-0.39, 0.29) is 12.0 Å². The van der Waals surface area contributed by atoms with Crippen LogP contribution in [0.15, 0.2) is 0 Å². The smallest absolute Gasteiger partial charge is 0.407 e. The minimum absolute atomic E-state index is 0.0544. The van der Waals surface area contributed by atoms with Gasteiger partial charge in [0.25, 0.3) is 0 Å². The van der Waals surface area contributed by atoms with E-state index in [1.807, 2.05) is 20.8 Å². The lowest BCUT2D eigenvalue weighted by Gasteiger charge is -2.29. The number of carbonyl (C=O) groups excluding carboxylic acids is 2. The highest BCUT2D eigenvalue weighted by Crippen LogP contribution is 2.23. The molecule has 4 nitrogen and oxygen atoms in total. The molecule has 0 aliphatic heterocycles. The fourth-order valence-corrected chi connectivity index (χ4v) is 1.96. The molecule has 0 radical (unpaired) electrons. The Bertz CT molecular complexity index is 257. The molecule has 1 aliphatic carbocycles. The molecule has 0 heterocycles. The minimum Gasteiger partial charge on any atom is -0.444 e. The van der Waals surface area contributed by atoms with E-state index < -0.39 is 11.7 Å². The van der Waals surface area contributed by atoms with Crippen molar-refractivity contribution in [3.63, 3.8) is 0 Å². The Labute approximate surface area is 96.7 Å². The molecule has 0 aromatic rings.